The Morgan fingerprint density at radius 2 is 2.05 bits per heavy atom. The summed E-state index contributed by atoms with van der Waals surface area (Å²) in [4.78, 5) is 18.4. The molecule has 0 aromatic carbocycles. The number of hydrogen-bond donors (Lipinski definition) is 1. The molecule has 0 saturated carbocycles. The lowest BCUT2D eigenvalue weighted by Gasteiger charge is -2.26. The predicted octanol–water partition coefficient (Wildman–Crippen LogP) is 0.280. The number of aromatic nitrogens is 2. The zero-order valence-electron chi connectivity index (χ0n) is 11.0. The van der Waals surface area contributed by atoms with E-state index in [1.54, 1.807) is 6.33 Å². The number of rotatable bonds is 2. The van der Waals surface area contributed by atoms with Gasteiger partial charge in [-0.25, -0.2) is 4.98 Å². The maximum atomic E-state index is 12.3. The van der Waals surface area contributed by atoms with E-state index in [2.05, 4.69) is 14.9 Å². The number of hydrogen-bond acceptors (Lipinski definition) is 4. The number of nitrogens with zero attached hydrogens (tertiary/aromatic N) is 3. The standard InChI is InChI=1S/C13H20N4O2/c18-13(16-5-7-19-8-6-16)12-9-17(10-15-12)11-1-3-14-4-2-11/h9-11,14H,1-8H2. The van der Waals surface area contributed by atoms with E-state index < -0.39 is 0 Å². The number of carbonyl (C=O) groups excluding carboxylic acids is 1. The minimum Gasteiger partial charge on any atom is -0.378 e. The van der Waals surface area contributed by atoms with Crippen LogP contribution in [0.2, 0.25) is 0 Å². The molecule has 2 fully saturated rings. The van der Waals surface area contributed by atoms with Gasteiger partial charge in [-0.15, -0.1) is 0 Å². The van der Waals surface area contributed by atoms with Gasteiger partial charge in [0.1, 0.15) is 5.69 Å². The second-order valence-corrected chi connectivity index (χ2v) is 5.09. The average molecular weight is 264 g/mol. The Balaban J connectivity index is 1.67. The smallest absolute Gasteiger partial charge is 0.274 e. The van der Waals surface area contributed by atoms with Gasteiger partial charge in [0.05, 0.1) is 19.5 Å². The van der Waals surface area contributed by atoms with Crippen LogP contribution in [0.25, 0.3) is 0 Å². The van der Waals surface area contributed by atoms with Gasteiger partial charge in [0.25, 0.3) is 5.91 Å². The predicted molar refractivity (Wildman–Crippen MR) is 70.1 cm³/mol. The second kappa shape index (κ2) is 5.71. The fraction of sp³-hybridized carbons (Fsp3) is 0.692. The van der Waals surface area contributed by atoms with Gasteiger partial charge in [0, 0.05) is 25.3 Å². The third-order valence-electron chi connectivity index (χ3n) is 3.85. The number of morpholine rings is 1. The Bertz CT molecular complexity index is 434. The molecule has 1 amide bonds. The number of imidazole rings is 1. The molecule has 0 radical (unpaired) electrons. The first-order valence-electron chi connectivity index (χ1n) is 6.96. The minimum atomic E-state index is 0.0241. The molecule has 0 atom stereocenters. The van der Waals surface area contributed by atoms with Gasteiger partial charge in [0.2, 0.25) is 0 Å². The number of amides is 1. The maximum Gasteiger partial charge on any atom is 0.274 e. The van der Waals surface area contributed by atoms with E-state index in [9.17, 15) is 4.79 Å². The molecule has 1 N–H and O–H groups in total. The van der Waals surface area contributed by atoms with E-state index in [-0.39, 0.29) is 5.91 Å². The van der Waals surface area contributed by atoms with Crippen molar-refractivity contribution < 1.29 is 9.53 Å². The van der Waals surface area contributed by atoms with Crippen LogP contribution in [-0.4, -0.2) is 59.8 Å². The molecule has 0 spiro atoms. The third kappa shape index (κ3) is 2.79. The molecule has 104 valence electrons. The van der Waals surface area contributed by atoms with E-state index in [0.29, 0.717) is 38.0 Å². The highest BCUT2D eigenvalue weighted by Gasteiger charge is 2.22. The molecule has 2 saturated heterocycles. The van der Waals surface area contributed by atoms with Crippen molar-refractivity contribution in [1.29, 1.82) is 0 Å². The van der Waals surface area contributed by atoms with Crippen molar-refractivity contribution in [3.63, 3.8) is 0 Å². The van der Waals surface area contributed by atoms with Gasteiger partial charge in [-0.3, -0.25) is 4.79 Å². The first-order chi connectivity index (χ1) is 9.34. The first kappa shape index (κ1) is 12.6. The van der Waals surface area contributed by atoms with Gasteiger partial charge in [-0.1, -0.05) is 0 Å². The van der Waals surface area contributed by atoms with Gasteiger partial charge in [-0.05, 0) is 25.9 Å². The van der Waals surface area contributed by atoms with E-state index in [4.69, 9.17) is 4.74 Å². The Labute approximate surface area is 112 Å². The van der Waals surface area contributed by atoms with Crippen LogP contribution in [0, 0.1) is 0 Å². The molecule has 2 aliphatic heterocycles. The Hall–Kier alpha value is -1.40. The molecule has 1 aromatic rings. The summed E-state index contributed by atoms with van der Waals surface area (Å²) >= 11 is 0. The molecule has 19 heavy (non-hydrogen) atoms. The zero-order valence-corrected chi connectivity index (χ0v) is 11.0. The summed E-state index contributed by atoms with van der Waals surface area (Å²) < 4.78 is 7.35. The summed E-state index contributed by atoms with van der Waals surface area (Å²) in [5, 5.41) is 3.34. The molecular weight excluding hydrogens is 244 g/mol. The van der Waals surface area contributed by atoms with E-state index in [1.165, 1.54) is 0 Å². The van der Waals surface area contributed by atoms with E-state index >= 15 is 0 Å². The zero-order chi connectivity index (χ0) is 13.1. The highest BCUT2D eigenvalue weighted by molar-refractivity contribution is 5.92. The van der Waals surface area contributed by atoms with Crippen molar-refractivity contribution in [2.24, 2.45) is 0 Å². The summed E-state index contributed by atoms with van der Waals surface area (Å²) in [5.74, 6) is 0.0241. The van der Waals surface area contributed by atoms with Gasteiger partial charge < -0.3 is 19.5 Å². The highest BCUT2D eigenvalue weighted by Crippen LogP contribution is 2.19. The number of nitrogens with one attached hydrogen (secondary N) is 1. The van der Waals surface area contributed by atoms with Gasteiger partial charge in [0.15, 0.2) is 0 Å². The summed E-state index contributed by atoms with van der Waals surface area (Å²) in [6.07, 6.45) is 5.89. The molecule has 6 heteroatoms. The molecular formula is C13H20N4O2. The van der Waals surface area contributed by atoms with Crippen LogP contribution in [0.3, 0.4) is 0 Å². The summed E-state index contributed by atoms with van der Waals surface area (Å²) in [6.45, 7) is 4.66. The topological polar surface area (TPSA) is 59.4 Å². The molecule has 0 unspecified atom stereocenters. The number of ether oxygens (including phenoxy) is 1. The van der Waals surface area contributed by atoms with Crippen LogP contribution in [0.1, 0.15) is 29.4 Å². The summed E-state index contributed by atoms with van der Waals surface area (Å²) in [6, 6.07) is 0.472. The summed E-state index contributed by atoms with van der Waals surface area (Å²) in [7, 11) is 0. The van der Waals surface area contributed by atoms with Crippen LogP contribution < -0.4 is 5.32 Å². The van der Waals surface area contributed by atoms with Crippen LogP contribution in [0.15, 0.2) is 12.5 Å². The largest absolute Gasteiger partial charge is 0.378 e. The molecule has 6 nitrogen and oxygen atoms in total. The first-order valence-corrected chi connectivity index (χ1v) is 6.96. The fourth-order valence-electron chi connectivity index (χ4n) is 2.68. The lowest BCUT2D eigenvalue weighted by molar-refractivity contribution is 0.0299. The summed E-state index contributed by atoms with van der Waals surface area (Å²) in [5.41, 5.74) is 0.556. The lowest BCUT2D eigenvalue weighted by atomic mass is 10.1. The molecule has 0 aliphatic carbocycles. The Morgan fingerprint density at radius 3 is 2.79 bits per heavy atom. The quantitative estimate of drug-likeness (QED) is 0.833. The van der Waals surface area contributed by atoms with Crippen molar-refractivity contribution in [2.45, 2.75) is 18.9 Å². The van der Waals surface area contributed by atoms with Crippen molar-refractivity contribution in [3.8, 4) is 0 Å². The van der Waals surface area contributed by atoms with Crippen molar-refractivity contribution in [1.82, 2.24) is 19.8 Å². The Kier molecular flexibility index (Phi) is 3.79. The van der Waals surface area contributed by atoms with Crippen LogP contribution >= 0.6 is 0 Å². The molecule has 1 aromatic heterocycles. The lowest BCUT2D eigenvalue weighted by Crippen LogP contribution is -2.40. The molecule has 3 rings (SSSR count). The molecule has 0 bridgehead atoms. The van der Waals surface area contributed by atoms with Crippen molar-refractivity contribution in [3.05, 3.63) is 18.2 Å². The van der Waals surface area contributed by atoms with Crippen LogP contribution in [0.4, 0.5) is 0 Å². The highest BCUT2D eigenvalue weighted by atomic mass is 16.5. The average Bonchev–Trinajstić information content (AvgIpc) is 2.98. The van der Waals surface area contributed by atoms with Crippen molar-refractivity contribution >= 4 is 5.91 Å². The van der Waals surface area contributed by atoms with Crippen LogP contribution in [0.5, 0.6) is 0 Å². The van der Waals surface area contributed by atoms with Crippen LogP contribution in [-0.2, 0) is 4.74 Å². The van der Waals surface area contributed by atoms with Gasteiger partial charge in [-0.2, -0.15) is 0 Å². The second-order valence-electron chi connectivity index (χ2n) is 5.09. The van der Waals surface area contributed by atoms with E-state index in [1.807, 2.05) is 11.1 Å². The normalized spacial score (nSPS) is 21.6. The molecule has 3 heterocycles. The maximum absolute atomic E-state index is 12.3. The number of piperidine rings is 1. The van der Waals surface area contributed by atoms with E-state index in [0.717, 1.165) is 25.9 Å². The fourth-order valence-corrected chi connectivity index (χ4v) is 2.68. The monoisotopic (exact) mass is 264 g/mol. The Morgan fingerprint density at radius 1 is 1.32 bits per heavy atom. The molecule has 2 aliphatic rings. The van der Waals surface area contributed by atoms with Gasteiger partial charge >= 0.3 is 0 Å². The minimum absolute atomic E-state index is 0.0241. The third-order valence-corrected chi connectivity index (χ3v) is 3.85. The van der Waals surface area contributed by atoms with Crippen molar-refractivity contribution in [2.75, 3.05) is 39.4 Å². The SMILES string of the molecule is O=C(c1cn(C2CCNCC2)cn1)N1CCOCC1. The number of carbonyl (C=O) groups is 1.